The number of nitrogens with two attached hydrogens (primary N) is 1. The third-order valence-electron chi connectivity index (χ3n) is 3.81. The van der Waals surface area contributed by atoms with Crippen LogP contribution in [0.5, 0.6) is 0 Å². The van der Waals surface area contributed by atoms with Crippen molar-refractivity contribution in [1.82, 2.24) is 9.97 Å². The average Bonchev–Trinajstić information content (AvgIpc) is 2.75. The van der Waals surface area contributed by atoms with Crippen LogP contribution in [0.2, 0.25) is 0 Å². The SMILES string of the molecule is N#Cc1nc2cc(F)c(N3CCCCCC3)cc2nc1N. The fourth-order valence-electron chi connectivity index (χ4n) is 2.72. The van der Waals surface area contributed by atoms with Crippen molar-refractivity contribution in [3.05, 3.63) is 23.6 Å². The predicted molar refractivity (Wildman–Crippen MR) is 79.3 cm³/mol. The van der Waals surface area contributed by atoms with E-state index in [1.54, 1.807) is 6.07 Å². The number of anilines is 2. The molecule has 21 heavy (non-hydrogen) atoms. The van der Waals surface area contributed by atoms with Crippen molar-refractivity contribution in [2.45, 2.75) is 25.7 Å². The minimum absolute atomic E-state index is 0.0319. The molecule has 1 aliphatic heterocycles. The van der Waals surface area contributed by atoms with E-state index < -0.39 is 0 Å². The Morgan fingerprint density at radius 3 is 2.43 bits per heavy atom. The van der Waals surface area contributed by atoms with Gasteiger partial charge in [-0.1, -0.05) is 12.8 Å². The Labute approximate surface area is 122 Å². The van der Waals surface area contributed by atoms with Gasteiger partial charge in [-0.25, -0.2) is 14.4 Å². The summed E-state index contributed by atoms with van der Waals surface area (Å²) in [7, 11) is 0. The van der Waals surface area contributed by atoms with E-state index in [-0.39, 0.29) is 17.3 Å². The summed E-state index contributed by atoms with van der Waals surface area (Å²) in [4.78, 5) is 10.3. The maximum absolute atomic E-state index is 14.3. The number of aromatic nitrogens is 2. The molecule has 0 bridgehead atoms. The van der Waals surface area contributed by atoms with Crippen LogP contribution in [0.4, 0.5) is 15.9 Å². The number of rotatable bonds is 1. The molecule has 5 nitrogen and oxygen atoms in total. The first-order chi connectivity index (χ1) is 10.2. The van der Waals surface area contributed by atoms with Gasteiger partial charge in [0.15, 0.2) is 11.5 Å². The van der Waals surface area contributed by atoms with E-state index >= 15 is 0 Å². The first-order valence-corrected chi connectivity index (χ1v) is 7.11. The summed E-state index contributed by atoms with van der Waals surface area (Å²) >= 11 is 0. The van der Waals surface area contributed by atoms with E-state index in [4.69, 9.17) is 11.0 Å². The standard InChI is InChI=1S/C15H16FN5/c16-10-7-11-12(20-15(18)13(9-17)19-11)8-14(10)21-5-3-1-2-4-6-21/h7-8H,1-6H2,(H2,18,20). The lowest BCUT2D eigenvalue weighted by Crippen LogP contribution is -2.24. The van der Waals surface area contributed by atoms with Gasteiger partial charge in [0, 0.05) is 19.2 Å². The average molecular weight is 285 g/mol. The molecule has 1 aromatic heterocycles. The van der Waals surface area contributed by atoms with Crippen molar-refractivity contribution in [2.75, 3.05) is 23.7 Å². The largest absolute Gasteiger partial charge is 0.381 e. The summed E-state index contributed by atoms with van der Waals surface area (Å²) in [6.45, 7) is 1.70. The Kier molecular flexibility index (Phi) is 3.57. The van der Waals surface area contributed by atoms with Crippen molar-refractivity contribution in [3.63, 3.8) is 0 Å². The van der Waals surface area contributed by atoms with E-state index in [1.165, 1.54) is 18.9 Å². The minimum Gasteiger partial charge on any atom is -0.381 e. The van der Waals surface area contributed by atoms with Crippen LogP contribution < -0.4 is 10.6 Å². The normalized spacial score (nSPS) is 15.7. The first kappa shape index (κ1) is 13.6. The zero-order chi connectivity index (χ0) is 14.8. The Morgan fingerprint density at radius 2 is 1.76 bits per heavy atom. The van der Waals surface area contributed by atoms with Gasteiger partial charge in [0.2, 0.25) is 0 Å². The van der Waals surface area contributed by atoms with Gasteiger partial charge >= 0.3 is 0 Å². The molecule has 1 aromatic carbocycles. The summed E-state index contributed by atoms with van der Waals surface area (Å²) in [5.74, 6) is -0.245. The molecule has 0 saturated carbocycles. The topological polar surface area (TPSA) is 78.8 Å². The second-order valence-corrected chi connectivity index (χ2v) is 5.26. The molecule has 0 spiro atoms. The minimum atomic E-state index is -0.327. The van der Waals surface area contributed by atoms with Gasteiger partial charge < -0.3 is 10.6 Å². The molecule has 0 unspecified atom stereocenters. The number of nitrogens with zero attached hydrogens (tertiary/aromatic N) is 4. The molecule has 1 fully saturated rings. The number of halogens is 1. The fraction of sp³-hybridized carbons (Fsp3) is 0.400. The molecular weight excluding hydrogens is 269 g/mol. The highest BCUT2D eigenvalue weighted by molar-refractivity contribution is 5.81. The van der Waals surface area contributed by atoms with Crippen LogP contribution in [0.1, 0.15) is 31.4 Å². The molecule has 0 aliphatic carbocycles. The smallest absolute Gasteiger partial charge is 0.183 e. The van der Waals surface area contributed by atoms with Gasteiger partial charge in [-0.15, -0.1) is 0 Å². The zero-order valence-electron chi connectivity index (χ0n) is 11.6. The molecule has 108 valence electrons. The molecule has 1 aliphatic rings. The molecule has 6 heteroatoms. The number of nitriles is 1. The molecule has 0 amide bonds. The summed E-state index contributed by atoms with van der Waals surface area (Å²) in [5.41, 5.74) is 7.14. The van der Waals surface area contributed by atoms with Gasteiger partial charge in [0.05, 0.1) is 16.7 Å². The number of fused-ring (bicyclic) bond motifs is 1. The molecule has 2 heterocycles. The Balaban J connectivity index is 2.08. The van der Waals surface area contributed by atoms with E-state index in [0.717, 1.165) is 25.9 Å². The Morgan fingerprint density at radius 1 is 1.10 bits per heavy atom. The van der Waals surface area contributed by atoms with Gasteiger partial charge in [0.25, 0.3) is 0 Å². The van der Waals surface area contributed by atoms with Crippen LogP contribution in [0, 0.1) is 17.1 Å². The molecular formula is C15H16FN5. The lowest BCUT2D eigenvalue weighted by atomic mass is 10.2. The van der Waals surface area contributed by atoms with Crippen molar-refractivity contribution in [3.8, 4) is 6.07 Å². The summed E-state index contributed by atoms with van der Waals surface area (Å²) in [6, 6.07) is 4.88. The highest BCUT2D eigenvalue weighted by Crippen LogP contribution is 2.27. The summed E-state index contributed by atoms with van der Waals surface area (Å²) in [5, 5.41) is 8.90. The van der Waals surface area contributed by atoms with Gasteiger partial charge in [-0.05, 0) is 18.9 Å². The number of hydrogen-bond acceptors (Lipinski definition) is 5. The third-order valence-corrected chi connectivity index (χ3v) is 3.81. The molecule has 3 rings (SSSR count). The van der Waals surface area contributed by atoms with Crippen LogP contribution >= 0.6 is 0 Å². The molecule has 1 saturated heterocycles. The van der Waals surface area contributed by atoms with Crippen LogP contribution in [-0.2, 0) is 0 Å². The highest BCUT2D eigenvalue weighted by atomic mass is 19.1. The lowest BCUT2D eigenvalue weighted by molar-refractivity contribution is 0.618. The van der Waals surface area contributed by atoms with E-state index in [1.807, 2.05) is 6.07 Å². The van der Waals surface area contributed by atoms with Crippen LogP contribution in [-0.4, -0.2) is 23.1 Å². The number of benzene rings is 1. The third kappa shape index (κ3) is 2.59. The fourth-order valence-corrected chi connectivity index (χ4v) is 2.72. The zero-order valence-corrected chi connectivity index (χ0v) is 11.6. The monoisotopic (exact) mass is 285 g/mol. The second kappa shape index (κ2) is 5.52. The van der Waals surface area contributed by atoms with Crippen LogP contribution in [0.25, 0.3) is 11.0 Å². The molecule has 2 N–H and O–H groups in total. The van der Waals surface area contributed by atoms with E-state index in [0.29, 0.717) is 16.7 Å². The predicted octanol–water partition coefficient (Wildman–Crippen LogP) is 2.60. The lowest BCUT2D eigenvalue weighted by Gasteiger charge is -2.23. The van der Waals surface area contributed by atoms with Crippen molar-refractivity contribution >= 4 is 22.5 Å². The Bertz CT molecular complexity index is 714. The molecule has 0 atom stereocenters. The number of nitrogen functional groups attached to an aromatic ring is 1. The molecule has 0 radical (unpaired) electrons. The van der Waals surface area contributed by atoms with Crippen molar-refractivity contribution in [2.24, 2.45) is 0 Å². The van der Waals surface area contributed by atoms with Crippen molar-refractivity contribution in [1.29, 1.82) is 5.26 Å². The van der Waals surface area contributed by atoms with Crippen LogP contribution in [0.15, 0.2) is 12.1 Å². The maximum atomic E-state index is 14.3. The number of hydrogen-bond donors (Lipinski definition) is 1. The second-order valence-electron chi connectivity index (χ2n) is 5.26. The van der Waals surface area contributed by atoms with E-state index in [2.05, 4.69) is 14.9 Å². The van der Waals surface area contributed by atoms with E-state index in [9.17, 15) is 4.39 Å². The quantitative estimate of drug-likeness (QED) is 0.871. The van der Waals surface area contributed by atoms with Gasteiger partial charge in [-0.3, -0.25) is 0 Å². The maximum Gasteiger partial charge on any atom is 0.183 e. The Hall–Kier alpha value is -2.42. The highest BCUT2D eigenvalue weighted by Gasteiger charge is 2.16. The summed E-state index contributed by atoms with van der Waals surface area (Å²) in [6.07, 6.45) is 4.51. The van der Waals surface area contributed by atoms with Gasteiger partial charge in [-0.2, -0.15) is 5.26 Å². The summed E-state index contributed by atoms with van der Waals surface area (Å²) < 4.78 is 14.3. The van der Waals surface area contributed by atoms with Crippen LogP contribution in [0.3, 0.4) is 0 Å². The van der Waals surface area contributed by atoms with Crippen molar-refractivity contribution < 1.29 is 4.39 Å². The van der Waals surface area contributed by atoms with Gasteiger partial charge in [0.1, 0.15) is 11.9 Å². The molecule has 2 aromatic rings. The first-order valence-electron chi connectivity index (χ1n) is 7.11.